The van der Waals surface area contributed by atoms with Gasteiger partial charge in [-0.15, -0.1) is 11.3 Å². The molecule has 0 aliphatic rings. The van der Waals surface area contributed by atoms with E-state index in [1.165, 1.54) is 16.3 Å². The first-order valence-electron chi connectivity index (χ1n) is 9.90. The average molecular weight is 417 g/mol. The first-order chi connectivity index (χ1) is 14.5. The zero-order valence-electron chi connectivity index (χ0n) is 17.4. The number of hydrogen-bond acceptors (Lipinski definition) is 4. The number of benzene rings is 3. The van der Waals surface area contributed by atoms with E-state index in [1.807, 2.05) is 32.0 Å². The van der Waals surface area contributed by atoms with Crippen LogP contribution in [-0.2, 0) is 17.6 Å². The molecule has 1 amide bonds. The number of methoxy groups -OCH3 is 1. The fraction of sp³-hybridized carbons (Fsp3) is 0.200. The molecule has 152 valence electrons. The van der Waals surface area contributed by atoms with Crippen molar-refractivity contribution >= 4 is 33.7 Å². The lowest BCUT2D eigenvalue weighted by molar-refractivity contribution is -0.115. The monoisotopic (exact) mass is 416 g/mol. The van der Waals surface area contributed by atoms with Gasteiger partial charge in [0.05, 0.1) is 29.9 Å². The van der Waals surface area contributed by atoms with Crippen LogP contribution in [0.25, 0.3) is 10.8 Å². The predicted molar refractivity (Wildman–Crippen MR) is 124 cm³/mol. The van der Waals surface area contributed by atoms with Gasteiger partial charge in [0, 0.05) is 11.3 Å². The van der Waals surface area contributed by atoms with E-state index in [2.05, 4.69) is 47.8 Å². The number of aryl methyl sites for hydroxylation is 2. The SMILES string of the molecule is COc1ccc(C)cc1NC(=O)Cc1sc(Cc2cccc3ccccc23)nc1C. The van der Waals surface area contributed by atoms with E-state index in [0.29, 0.717) is 17.9 Å². The van der Waals surface area contributed by atoms with Crippen LogP contribution in [0.4, 0.5) is 5.69 Å². The molecule has 5 heteroatoms. The van der Waals surface area contributed by atoms with Crippen LogP contribution in [0.1, 0.15) is 26.7 Å². The van der Waals surface area contributed by atoms with Gasteiger partial charge in [-0.3, -0.25) is 4.79 Å². The molecule has 0 bridgehead atoms. The Morgan fingerprint density at radius 1 is 1.07 bits per heavy atom. The highest BCUT2D eigenvalue weighted by atomic mass is 32.1. The topological polar surface area (TPSA) is 51.2 Å². The summed E-state index contributed by atoms with van der Waals surface area (Å²) in [6.45, 7) is 3.96. The minimum absolute atomic E-state index is 0.0673. The van der Waals surface area contributed by atoms with Gasteiger partial charge < -0.3 is 10.1 Å². The molecule has 0 radical (unpaired) electrons. The summed E-state index contributed by atoms with van der Waals surface area (Å²) >= 11 is 1.61. The normalized spacial score (nSPS) is 10.9. The Kier molecular flexibility index (Phi) is 5.81. The summed E-state index contributed by atoms with van der Waals surface area (Å²) in [4.78, 5) is 18.4. The third-order valence-electron chi connectivity index (χ3n) is 5.11. The third kappa shape index (κ3) is 4.36. The molecule has 1 heterocycles. The van der Waals surface area contributed by atoms with Gasteiger partial charge in [-0.05, 0) is 47.9 Å². The highest BCUT2D eigenvalue weighted by molar-refractivity contribution is 7.11. The summed E-state index contributed by atoms with van der Waals surface area (Å²) in [5, 5.41) is 6.48. The third-order valence-corrected chi connectivity index (χ3v) is 6.27. The molecule has 0 aliphatic carbocycles. The number of rotatable bonds is 6. The molecule has 0 saturated heterocycles. The zero-order valence-corrected chi connectivity index (χ0v) is 18.2. The Hall–Kier alpha value is -3.18. The van der Waals surface area contributed by atoms with Crippen molar-refractivity contribution in [2.45, 2.75) is 26.7 Å². The molecule has 4 nitrogen and oxygen atoms in total. The smallest absolute Gasteiger partial charge is 0.229 e. The standard InChI is InChI=1S/C25H24N2O2S/c1-16-11-12-22(29-3)21(13-16)27-24(28)15-23-17(2)26-25(30-23)14-19-9-6-8-18-7-4-5-10-20(18)19/h4-13H,14-15H2,1-3H3,(H,27,28). The number of hydrogen-bond donors (Lipinski definition) is 1. The Bertz CT molecular complexity index is 1210. The quantitative estimate of drug-likeness (QED) is 0.439. The molecule has 0 aliphatic heterocycles. The zero-order chi connectivity index (χ0) is 21.1. The van der Waals surface area contributed by atoms with Gasteiger partial charge >= 0.3 is 0 Å². The number of thiazole rings is 1. The Morgan fingerprint density at radius 2 is 1.87 bits per heavy atom. The average Bonchev–Trinajstić information content (AvgIpc) is 3.07. The van der Waals surface area contributed by atoms with Gasteiger partial charge in [0.15, 0.2) is 0 Å². The number of fused-ring (bicyclic) bond motifs is 1. The first kappa shape index (κ1) is 20.1. The molecule has 4 aromatic rings. The van der Waals surface area contributed by atoms with E-state index in [-0.39, 0.29) is 5.91 Å². The van der Waals surface area contributed by atoms with Crippen molar-refractivity contribution < 1.29 is 9.53 Å². The second-order valence-electron chi connectivity index (χ2n) is 7.36. The summed E-state index contributed by atoms with van der Waals surface area (Å²) in [6, 6.07) is 20.5. The minimum atomic E-state index is -0.0673. The lowest BCUT2D eigenvalue weighted by atomic mass is 10.0. The summed E-state index contributed by atoms with van der Waals surface area (Å²) < 4.78 is 5.36. The molecule has 0 fully saturated rings. The number of aromatic nitrogens is 1. The second-order valence-corrected chi connectivity index (χ2v) is 8.53. The maximum Gasteiger partial charge on any atom is 0.229 e. The Morgan fingerprint density at radius 3 is 2.70 bits per heavy atom. The van der Waals surface area contributed by atoms with Crippen LogP contribution >= 0.6 is 11.3 Å². The number of carbonyl (C=O) groups is 1. The van der Waals surface area contributed by atoms with Gasteiger partial charge in [-0.2, -0.15) is 0 Å². The summed E-state index contributed by atoms with van der Waals surface area (Å²) in [5.74, 6) is 0.592. The highest BCUT2D eigenvalue weighted by Crippen LogP contribution is 2.28. The molecule has 1 aromatic heterocycles. The van der Waals surface area contributed by atoms with Crippen molar-refractivity contribution in [1.29, 1.82) is 0 Å². The van der Waals surface area contributed by atoms with Crippen molar-refractivity contribution in [1.82, 2.24) is 4.98 Å². The van der Waals surface area contributed by atoms with Crippen LogP contribution in [0.3, 0.4) is 0 Å². The number of carbonyl (C=O) groups excluding carboxylic acids is 1. The summed E-state index contributed by atoms with van der Waals surface area (Å²) in [6.07, 6.45) is 1.07. The largest absolute Gasteiger partial charge is 0.495 e. The number of anilines is 1. The van der Waals surface area contributed by atoms with Crippen LogP contribution in [0, 0.1) is 13.8 Å². The van der Waals surface area contributed by atoms with Crippen molar-refractivity contribution in [2.24, 2.45) is 0 Å². The molecular weight excluding hydrogens is 392 g/mol. The van der Waals surface area contributed by atoms with Crippen molar-refractivity contribution in [2.75, 3.05) is 12.4 Å². The number of nitrogens with one attached hydrogen (secondary N) is 1. The van der Waals surface area contributed by atoms with Gasteiger partial charge in [-0.1, -0.05) is 48.5 Å². The molecule has 0 spiro atoms. The maximum atomic E-state index is 12.7. The fourth-order valence-electron chi connectivity index (χ4n) is 3.60. The van der Waals surface area contributed by atoms with Gasteiger partial charge in [0.2, 0.25) is 5.91 Å². The molecule has 30 heavy (non-hydrogen) atoms. The Balaban J connectivity index is 1.50. The lowest BCUT2D eigenvalue weighted by Crippen LogP contribution is -2.15. The highest BCUT2D eigenvalue weighted by Gasteiger charge is 2.15. The first-order valence-corrected chi connectivity index (χ1v) is 10.7. The van der Waals surface area contributed by atoms with E-state index in [9.17, 15) is 4.79 Å². The molecule has 1 N–H and O–H groups in total. The van der Waals surface area contributed by atoms with Crippen LogP contribution in [0.15, 0.2) is 60.7 Å². The van der Waals surface area contributed by atoms with Crippen LogP contribution in [0.2, 0.25) is 0 Å². The van der Waals surface area contributed by atoms with E-state index in [4.69, 9.17) is 9.72 Å². The predicted octanol–water partition coefficient (Wildman–Crippen LogP) is 5.69. The molecule has 4 rings (SSSR count). The van der Waals surface area contributed by atoms with Crippen LogP contribution in [-0.4, -0.2) is 18.0 Å². The van der Waals surface area contributed by atoms with E-state index in [1.54, 1.807) is 18.4 Å². The van der Waals surface area contributed by atoms with E-state index >= 15 is 0 Å². The molecule has 0 saturated carbocycles. The van der Waals surface area contributed by atoms with Crippen molar-refractivity contribution in [3.63, 3.8) is 0 Å². The molecule has 3 aromatic carbocycles. The van der Waals surface area contributed by atoms with Gasteiger partial charge in [0.1, 0.15) is 5.75 Å². The van der Waals surface area contributed by atoms with E-state index in [0.717, 1.165) is 27.6 Å². The van der Waals surface area contributed by atoms with Crippen LogP contribution < -0.4 is 10.1 Å². The Labute approximate surface area is 180 Å². The summed E-state index contributed by atoms with van der Waals surface area (Å²) in [5.41, 5.74) is 3.93. The molecular formula is C25H24N2O2S. The fourth-order valence-corrected chi connectivity index (χ4v) is 4.69. The van der Waals surface area contributed by atoms with E-state index < -0.39 is 0 Å². The minimum Gasteiger partial charge on any atom is -0.495 e. The van der Waals surface area contributed by atoms with Gasteiger partial charge in [-0.25, -0.2) is 4.98 Å². The number of nitrogens with zero attached hydrogens (tertiary/aromatic N) is 1. The number of ether oxygens (including phenoxy) is 1. The number of amides is 1. The van der Waals surface area contributed by atoms with Crippen molar-refractivity contribution in [3.05, 3.63) is 87.4 Å². The molecule has 0 atom stereocenters. The lowest BCUT2D eigenvalue weighted by Gasteiger charge is -2.10. The second kappa shape index (κ2) is 8.67. The van der Waals surface area contributed by atoms with Gasteiger partial charge in [0.25, 0.3) is 0 Å². The summed E-state index contributed by atoms with van der Waals surface area (Å²) in [7, 11) is 1.60. The maximum absolute atomic E-state index is 12.7. The van der Waals surface area contributed by atoms with Crippen LogP contribution in [0.5, 0.6) is 5.75 Å². The van der Waals surface area contributed by atoms with Crippen molar-refractivity contribution in [3.8, 4) is 5.75 Å². The molecule has 0 unspecified atom stereocenters.